The Morgan fingerprint density at radius 1 is 1.26 bits per heavy atom. The summed E-state index contributed by atoms with van der Waals surface area (Å²) in [7, 11) is 0. The third kappa shape index (κ3) is 1.68. The van der Waals surface area contributed by atoms with E-state index in [9.17, 15) is 4.79 Å². The molecular formula is C20H26N2O. The normalized spacial score (nSPS) is 40.4. The quantitative estimate of drug-likeness (QED) is 0.891. The van der Waals surface area contributed by atoms with E-state index >= 15 is 0 Å². The summed E-state index contributed by atoms with van der Waals surface area (Å²) < 4.78 is 0. The number of nitrogens with zero attached hydrogens (tertiary/aromatic N) is 1. The van der Waals surface area contributed by atoms with Crippen LogP contribution in [0.4, 0.5) is 5.69 Å². The molecule has 3 heteroatoms. The predicted octanol–water partition coefficient (Wildman–Crippen LogP) is 4.12. The standard InChI is InChI=1S/C20H26N2O/c1-2-10-22-19(23)16-6-3-4-9-18(16)21-20(22)12-13-11-17(20)15-8-5-7-14(13)15/h3-4,6,9,13-15,17,21H,2,5,7-8,10-12H2,1H3/t13?,14-,15+,17?,20-/m1/s1. The highest BCUT2D eigenvalue weighted by molar-refractivity contribution is 6.02. The first-order valence-electron chi connectivity index (χ1n) is 9.44. The first kappa shape index (κ1) is 13.9. The smallest absolute Gasteiger partial charge is 0.257 e. The van der Waals surface area contributed by atoms with Gasteiger partial charge in [-0.15, -0.1) is 0 Å². The van der Waals surface area contributed by atoms with Gasteiger partial charge < -0.3 is 10.2 Å². The van der Waals surface area contributed by atoms with Gasteiger partial charge in [-0.25, -0.2) is 0 Å². The van der Waals surface area contributed by atoms with Crippen molar-refractivity contribution in [2.75, 3.05) is 11.9 Å². The zero-order chi connectivity index (χ0) is 15.6. The second-order valence-corrected chi connectivity index (χ2v) is 8.12. The minimum absolute atomic E-state index is 0.0996. The first-order chi connectivity index (χ1) is 11.2. The number of carbonyl (C=O) groups excluding carboxylic acids is 1. The average molecular weight is 310 g/mol. The Hall–Kier alpha value is -1.51. The van der Waals surface area contributed by atoms with Gasteiger partial charge in [-0.1, -0.05) is 25.5 Å². The topological polar surface area (TPSA) is 32.3 Å². The molecule has 3 nitrogen and oxygen atoms in total. The Balaban J connectivity index is 1.60. The van der Waals surface area contributed by atoms with Crippen molar-refractivity contribution in [1.29, 1.82) is 0 Å². The number of carbonyl (C=O) groups is 1. The first-order valence-corrected chi connectivity index (χ1v) is 9.44. The van der Waals surface area contributed by atoms with E-state index < -0.39 is 0 Å². The largest absolute Gasteiger partial charge is 0.362 e. The number of benzene rings is 1. The maximum absolute atomic E-state index is 13.2. The molecule has 0 aromatic heterocycles. The molecule has 2 unspecified atom stereocenters. The fourth-order valence-electron chi connectivity index (χ4n) is 6.50. The zero-order valence-corrected chi connectivity index (χ0v) is 13.9. The Labute approximate surface area is 138 Å². The van der Waals surface area contributed by atoms with Crippen LogP contribution in [0.3, 0.4) is 0 Å². The van der Waals surface area contributed by atoms with Gasteiger partial charge in [-0.3, -0.25) is 4.79 Å². The summed E-state index contributed by atoms with van der Waals surface area (Å²) in [6, 6.07) is 8.10. The number of fused-ring (bicyclic) bond motifs is 7. The molecule has 122 valence electrons. The van der Waals surface area contributed by atoms with Crippen molar-refractivity contribution in [1.82, 2.24) is 4.90 Å². The second kappa shape index (κ2) is 4.75. The van der Waals surface area contributed by atoms with Crippen LogP contribution in [0.2, 0.25) is 0 Å². The summed E-state index contributed by atoms with van der Waals surface area (Å²) in [6.45, 7) is 3.06. The third-order valence-electron chi connectivity index (χ3n) is 7.17. The number of rotatable bonds is 2. The molecule has 5 atom stereocenters. The number of hydrogen-bond donors (Lipinski definition) is 1. The van der Waals surface area contributed by atoms with E-state index in [-0.39, 0.29) is 11.6 Å². The van der Waals surface area contributed by atoms with Gasteiger partial charge in [0.1, 0.15) is 5.66 Å². The summed E-state index contributed by atoms with van der Waals surface area (Å²) in [5.74, 6) is 3.53. The SMILES string of the molecule is CCCN1C(=O)c2ccccc2N[C@]12CC1CC2[C@H]2CCC[C@H]12. The Morgan fingerprint density at radius 3 is 2.96 bits per heavy atom. The molecule has 3 saturated carbocycles. The maximum Gasteiger partial charge on any atom is 0.257 e. The van der Waals surface area contributed by atoms with Crippen molar-refractivity contribution >= 4 is 11.6 Å². The second-order valence-electron chi connectivity index (χ2n) is 8.12. The molecular weight excluding hydrogens is 284 g/mol. The third-order valence-corrected chi connectivity index (χ3v) is 7.17. The van der Waals surface area contributed by atoms with Crippen LogP contribution in [0.5, 0.6) is 0 Å². The van der Waals surface area contributed by atoms with Crippen LogP contribution in [0.1, 0.15) is 55.8 Å². The van der Waals surface area contributed by atoms with Crippen molar-refractivity contribution < 1.29 is 4.79 Å². The van der Waals surface area contributed by atoms with Gasteiger partial charge in [0.15, 0.2) is 0 Å². The van der Waals surface area contributed by atoms with E-state index in [1.54, 1.807) is 0 Å². The number of nitrogens with one attached hydrogen (secondary N) is 1. The van der Waals surface area contributed by atoms with E-state index in [2.05, 4.69) is 23.2 Å². The lowest BCUT2D eigenvalue weighted by Crippen LogP contribution is -2.64. The van der Waals surface area contributed by atoms with Crippen LogP contribution in [-0.4, -0.2) is 23.0 Å². The Bertz CT molecular complexity index is 657. The molecule has 1 aromatic rings. The van der Waals surface area contributed by atoms with E-state index in [0.29, 0.717) is 5.92 Å². The van der Waals surface area contributed by atoms with Crippen LogP contribution in [0.25, 0.3) is 0 Å². The lowest BCUT2D eigenvalue weighted by atomic mass is 9.73. The van der Waals surface area contributed by atoms with Crippen molar-refractivity contribution in [2.24, 2.45) is 23.7 Å². The van der Waals surface area contributed by atoms with Crippen molar-refractivity contribution in [2.45, 2.75) is 51.1 Å². The minimum atomic E-state index is -0.0996. The minimum Gasteiger partial charge on any atom is -0.362 e. The molecule has 0 saturated heterocycles. The number of amides is 1. The van der Waals surface area contributed by atoms with Crippen molar-refractivity contribution in [3.8, 4) is 0 Å². The molecule has 1 aromatic carbocycles. The number of para-hydroxylation sites is 1. The van der Waals surface area contributed by atoms with Crippen molar-refractivity contribution in [3.05, 3.63) is 29.8 Å². The maximum atomic E-state index is 13.2. The molecule has 1 amide bonds. The monoisotopic (exact) mass is 310 g/mol. The van der Waals surface area contributed by atoms with E-state index in [0.717, 1.165) is 42.0 Å². The summed E-state index contributed by atoms with van der Waals surface area (Å²) in [5.41, 5.74) is 1.82. The summed E-state index contributed by atoms with van der Waals surface area (Å²) in [5, 5.41) is 3.89. The van der Waals surface area contributed by atoms with Crippen LogP contribution in [-0.2, 0) is 0 Å². The fourth-order valence-corrected chi connectivity index (χ4v) is 6.50. The van der Waals surface area contributed by atoms with E-state index in [4.69, 9.17) is 0 Å². The van der Waals surface area contributed by atoms with Crippen molar-refractivity contribution in [3.63, 3.8) is 0 Å². The average Bonchev–Trinajstić information content (AvgIpc) is 3.23. The number of hydrogen-bond acceptors (Lipinski definition) is 2. The van der Waals surface area contributed by atoms with Gasteiger partial charge in [0, 0.05) is 18.2 Å². The fraction of sp³-hybridized carbons (Fsp3) is 0.650. The molecule has 1 aliphatic heterocycles. The zero-order valence-electron chi connectivity index (χ0n) is 13.9. The van der Waals surface area contributed by atoms with Crippen LogP contribution in [0.15, 0.2) is 24.3 Å². The number of anilines is 1. The molecule has 4 aliphatic rings. The molecule has 1 heterocycles. The lowest BCUT2D eigenvalue weighted by molar-refractivity contribution is 0.0147. The van der Waals surface area contributed by atoms with Crippen LogP contribution >= 0.6 is 0 Å². The highest BCUT2D eigenvalue weighted by Crippen LogP contribution is 2.64. The Kier molecular flexibility index (Phi) is 2.87. The van der Waals surface area contributed by atoms with Crippen LogP contribution < -0.4 is 5.32 Å². The molecule has 0 radical (unpaired) electrons. The van der Waals surface area contributed by atoms with E-state index in [1.807, 2.05) is 18.2 Å². The van der Waals surface area contributed by atoms with E-state index in [1.165, 1.54) is 32.1 Å². The van der Waals surface area contributed by atoms with Gasteiger partial charge in [0.05, 0.1) is 5.56 Å². The Morgan fingerprint density at radius 2 is 2.09 bits per heavy atom. The van der Waals surface area contributed by atoms with Gasteiger partial charge in [0.2, 0.25) is 0 Å². The molecule has 23 heavy (non-hydrogen) atoms. The molecule has 3 aliphatic carbocycles. The molecule has 5 rings (SSSR count). The lowest BCUT2D eigenvalue weighted by Gasteiger charge is -2.53. The summed E-state index contributed by atoms with van der Waals surface area (Å²) >= 11 is 0. The molecule has 3 fully saturated rings. The van der Waals surface area contributed by atoms with Gasteiger partial charge in [-0.2, -0.15) is 0 Å². The summed E-state index contributed by atoms with van der Waals surface area (Å²) in [6.07, 6.45) is 7.74. The predicted molar refractivity (Wildman–Crippen MR) is 91.2 cm³/mol. The molecule has 2 bridgehead atoms. The van der Waals surface area contributed by atoms with Crippen LogP contribution in [0, 0.1) is 23.7 Å². The summed E-state index contributed by atoms with van der Waals surface area (Å²) in [4.78, 5) is 15.4. The van der Waals surface area contributed by atoms with Gasteiger partial charge in [0.25, 0.3) is 5.91 Å². The van der Waals surface area contributed by atoms with Gasteiger partial charge >= 0.3 is 0 Å². The molecule has 1 N–H and O–H groups in total. The molecule has 1 spiro atoms. The highest BCUT2D eigenvalue weighted by Gasteiger charge is 2.64. The highest BCUT2D eigenvalue weighted by atomic mass is 16.2. The van der Waals surface area contributed by atoms with Gasteiger partial charge in [-0.05, 0) is 62.0 Å².